The van der Waals surface area contributed by atoms with Crippen LogP contribution in [0.25, 0.3) is 0 Å². The Bertz CT molecular complexity index is 972. The van der Waals surface area contributed by atoms with Crippen LogP contribution in [0, 0.1) is 0 Å². The maximum atomic E-state index is 6.67. The molecule has 0 aliphatic heterocycles. The van der Waals surface area contributed by atoms with Gasteiger partial charge >= 0.3 is 0 Å². The van der Waals surface area contributed by atoms with Crippen LogP contribution in [-0.4, -0.2) is 27.5 Å². The second kappa shape index (κ2) is 9.75. The van der Waals surface area contributed by atoms with E-state index in [2.05, 4.69) is 0 Å². The standard InChI is InChI=1S/C24H26N2O3/c1-27-20-10-4-7-17(13-20)16-26-24(19-9-6-12-22(15-19)29-3)23(25)18-8-5-11-21(14-18)28-2/h4-16,23-24H,25H2,1-3H3. The van der Waals surface area contributed by atoms with Crippen LogP contribution in [-0.2, 0) is 0 Å². The van der Waals surface area contributed by atoms with Crippen LogP contribution in [0.5, 0.6) is 17.2 Å². The summed E-state index contributed by atoms with van der Waals surface area (Å²) in [6.45, 7) is 0. The average Bonchev–Trinajstić information content (AvgIpc) is 2.79. The van der Waals surface area contributed by atoms with Gasteiger partial charge in [0.1, 0.15) is 17.2 Å². The monoisotopic (exact) mass is 390 g/mol. The molecule has 0 radical (unpaired) electrons. The molecule has 0 aromatic heterocycles. The summed E-state index contributed by atoms with van der Waals surface area (Å²) in [5.41, 5.74) is 9.53. The van der Waals surface area contributed by atoms with E-state index in [0.29, 0.717) is 0 Å². The van der Waals surface area contributed by atoms with Gasteiger partial charge in [0, 0.05) is 6.21 Å². The number of rotatable bonds is 8. The fraction of sp³-hybridized carbons (Fsp3) is 0.208. The van der Waals surface area contributed by atoms with Crippen molar-refractivity contribution >= 4 is 6.21 Å². The van der Waals surface area contributed by atoms with Crippen molar-refractivity contribution in [2.24, 2.45) is 10.7 Å². The van der Waals surface area contributed by atoms with Crippen LogP contribution in [0.1, 0.15) is 28.8 Å². The number of aliphatic imine (C=N–C) groups is 1. The number of ether oxygens (including phenoxy) is 3. The van der Waals surface area contributed by atoms with E-state index in [1.54, 1.807) is 21.3 Å². The smallest absolute Gasteiger partial charge is 0.119 e. The Morgan fingerprint density at radius 1 is 0.724 bits per heavy atom. The molecule has 2 unspecified atom stereocenters. The van der Waals surface area contributed by atoms with Crippen molar-refractivity contribution in [1.82, 2.24) is 0 Å². The molecule has 5 nitrogen and oxygen atoms in total. The molecule has 0 amide bonds. The molecule has 0 spiro atoms. The molecule has 5 heteroatoms. The van der Waals surface area contributed by atoms with Crippen LogP contribution < -0.4 is 19.9 Å². The second-order valence-electron chi connectivity index (χ2n) is 6.58. The fourth-order valence-corrected chi connectivity index (χ4v) is 3.13. The maximum Gasteiger partial charge on any atom is 0.119 e. The summed E-state index contributed by atoms with van der Waals surface area (Å²) >= 11 is 0. The Labute approximate surface area is 171 Å². The minimum Gasteiger partial charge on any atom is -0.497 e. The van der Waals surface area contributed by atoms with Crippen LogP contribution in [0.4, 0.5) is 0 Å². The van der Waals surface area contributed by atoms with E-state index >= 15 is 0 Å². The molecular formula is C24H26N2O3. The second-order valence-corrected chi connectivity index (χ2v) is 6.58. The minimum atomic E-state index is -0.362. The zero-order valence-corrected chi connectivity index (χ0v) is 16.9. The molecule has 0 aliphatic rings. The molecule has 0 heterocycles. The summed E-state index contributed by atoms with van der Waals surface area (Å²) in [6, 6.07) is 22.7. The van der Waals surface area contributed by atoms with Gasteiger partial charge in [-0.2, -0.15) is 0 Å². The first-order valence-corrected chi connectivity index (χ1v) is 9.35. The van der Waals surface area contributed by atoms with Crippen molar-refractivity contribution in [3.8, 4) is 17.2 Å². The molecule has 0 saturated heterocycles. The predicted molar refractivity (Wildman–Crippen MR) is 116 cm³/mol. The largest absolute Gasteiger partial charge is 0.497 e. The van der Waals surface area contributed by atoms with E-state index in [1.165, 1.54) is 0 Å². The van der Waals surface area contributed by atoms with Crippen molar-refractivity contribution in [2.45, 2.75) is 12.1 Å². The van der Waals surface area contributed by atoms with Gasteiger partial charge in [-0.15, -0.1) is 0 Å². The molecular weight excluding hydrogens is 364 g/mol. The Morgan fingerprint density at radius 3 is 1.86 bits per heavy atom. The molecule has 3 aromatic carbocycles. The number of benzene rings is 3. The van der Waals surface area contributed by atoms with Gasteiger partial charge in [0.2, 0.25) is 0 Å². The zero-order valence-electron chi connectivity index (χ0n) is 16.9. The van der Waals surface area contributed by atoms with Crippen molar-refractivity contribution in [3.63, 3.8) is 0 Å². The normalized spacial score (nSPS) is 13.1. The van der Waals surface area contributed by atoms with Crippen LogP contribution in [0.3, 0.4) is 0 Å². The molecule has 0 bridgehead atoms. The molecule has 0 fully saturated rings. The van der Waals surface area contributed by atoms with Crippen molar-refractivity contribution in [1.29, 1.82) is 0 Å². The number of hydrogen-bond donors (Lipinski definition) is 1. The van der Waals surface area contributed by atoms with Crippen molar-refractivity contribution in [2.75, 3.05) is 21.3 Å². The maximum absolute atomic E-state index is 6.67. The highest BCUT2D eigenvalue weighted by Crippen LogP contribution is 2.33. The van der Waals surface area contributed by atoms with Gasteiger partial charge in [-0.1, -0.05) is 36.4 Å². The van der Waals surface area contributed by atoms with E-state index in [-0.39, 0.29) is 12.1 Å². The number of nitrogens with two attached hydrogens (primary N) is 1. The highest BCUT2D eigenvalue weighted by Gasteiger charge is 2.21. The molecule has 0 aliphatic carbocycles. The van der Waals surface area contributed by atoms with Crippen LogP contribution >= 0.6 is 0 Å². The average molecular weight is 390 g/mol. The van der Waals surface area contributed by atoms with Gasteiger partial charge in [-0.3, -0.25) is 4.99 Å². The Kier molecular flexibility index (Phi) is 6.87. The molecule has 150 valence electrons. The molecule has 3 aromatic rings. The van der Waals surface area contributed by atoms with Gasteiger partial charge < -0.3 is 19.9 Å². The van der Waals surface area contributed by atoms with Gasteiger partial charge in [0.05, 0.1) is 33.4 Å². The minimum absolute atomic E-state index is 0.302. The van der Waals surface area contributed by atoms with Gasteiger partial charge in [0.25, 0.3) is 0 Å². The number of hydrogen-bond acceptors (Lipinski definition) is 5. The fourth-order valence-electron chi connectivity index (χ4n) is 3.13. The lowest BCUT2D eigenvalue weighted by Crippen LogP contribution is -2.19. The van der Waals surface area contributed by atoms with Gasteiger partial charge in [-0.05, 0) is 53.1 Å². The summed E-state index contributed by atoms with van der Waals surface area (Å²) in [4.78, 5) is 4.84. The first-order chi connectivity index (χ1) is 14.1. The molecule has 3 rings (SSSR count). The summed E-state index contributed by atoms with van der Waals surface area (Å²) in [6.07, 6.45) is 1.83. The lowest BCUT2D eigenvalue weighted by molar-refractivity contribution is 0.412. The predicted octanol–water partition coefficient (Wildman–Crippen LogP) is 4.57. The van der Waals surface area contributed by atoms with Gasteiger partial charge in [0.15, 0.2) is 0 Å². The SMILES string of the molecule is COc1cccc(C=NC(c2cccc(OC)c2)C(N)c2cccc(OC)c2)c1. The number of nitrogens with zero attached hydrogens (tertiary/aromatic N) is 1. The van der Waals surface area contributed by atoms with E-state index < -0.39 is 0 Å². The third-order valence-corrected chi connectivity index (χ3v) is 4.73. The third-order valence-electron chi connectivity index (χ3n) is 4.73. The quantitative estimate of drug-likeness (QED) is 0.572. The highest BCUT2D eigenvalue weighted by atomic mass is 16.5. The number of methoxy groups -OCH3 is 3. The first kappa shape index (κ1) is 20.4. The Hall–Kier alpha value is -3.31. The molecule has 2 N–H and O–H groups in total. The zero-order chi connectivity index (χ0) is 20.6. The lowest BCUT2D eigenvalue weighted by Gasteiger charge is -2.22. The third kappa shape index (κ3) is 5.15. The van der Waals surface area contributed by atoms with Crippen LogP contribution in [0.15, 0.2) is 77.8 Å². The van der Waals surface area contributed by atoms with Crippen molar-refractivity contribution in [3.05, 3.63) is 89.5 Å². The molecule has 0 saturated carbocycles. The lowest BCUT2D eigenvalue weighted by atomic mass is 9.94. The topological polar surface area (TPSA) is 66.1 Å². The summed E-state index contributed by atoms with van der Waals surface area (Å²) in [5.74, 6) is 2.31. The van der Waals surface area contributed by atoms with E-state index in [0.717, 1.165) is 33.9 Å². The molecule has 2 atom stereocenters. The Morgan fingerprint density at radius 2 is 1.24 bits per heavy atom. The van der Waals surface area contributed by atoms with Crippen molar-refractivity contribution < 1.29 is 14.2 Å². The first-order valence-electron chi connectivity index (χ1n) is 9.35. The van der Waals surface area contributed by atoms with Gasteiger partial charge in [-0.25, -0.2) is 0 Å². The van der Waals surface area contributed by atoms with Crippen LogP contribution in [0.2, 0.25) is 0 Å². The summed E-state index contributed by atoms with van der Waals surface area (Å²) in [7, 11) is 4.94. The van der Waals surface area contributed by atoms with E-state index in [1.807, 2.05) is 79.0 Å². The van der Waals surface area contributed by atoms with E-state index in [4.69, 9.17) is 24.9 Å². The Balaban J connectivity index is 1.99. The highest BCUT2D eigenvalue weighted by molar-refractivity contribution is 5.80. The van der Waals surface area contributed by atoms with E-state index in [9.17, 15) is 0 Å². The summed E-state index contributed by atoms with van der Waals surface area (Å²) < 4.78 is 16.0. The molecule has 29 heavy (non-hydrogen) atoms. The summed E-state index contributed by atoms with van der Waals surface area (Å²) in [5, 5.41) is 0.